The third-order valence-electron chi connectivity index (χ3n) is 7.22. The van der Waals surface area contributed by atoms with Gasteiger partial charge in [-0.25, -0.2) is 4.98 Å². The zero-order valence-electron chi connectivity index (χ0n) is 20.4. The summed E-state index contributed by atoms with van der Waals surface area (Å²) in [6, 6.07) is 13.1. The summed E-state index contributed by atoms with van der Waals surface area (Å²) in [6.07, 6.45) is 7.86. The van der Waals surface area contributed by atoms with E-state index in [0.717, 1.165) is 35.6 Å². The highest BCUT2D eigenvalue weighted by Crippen LogP contribution is 2.39. The second-order valence-electron chi connectivity index (χ2n) is 9.25. The Hall–Kier alpha value is -4.13. The molecule has 0 saturated carbocycles. The van der Waals surface area contributed by atoms with Gasteiger partial charge in [0.2, 0.25) is 0 Å². The number of allylic oxidation sites excluding steroid dienone is 1. The number of hydrogen-bond donors (Lipinski definition) is 1. The Bertz CT molecular complexity index is 1730. The maximum absolute atomic E-state index is 13.8. The van der Waals surface area contributed by atoms with Crippen molar-refractivity contribution >= 4 is 44.0 Å². The minimum Gasteiger partial charge on any atom is -0.493 e. The SMILES string of the molecule is COc1ccc2c(c1OC)c(=O)n1c3ccccc3c3cc(C(=O)NCCC4=CCCCC4)nc2c31. The van der Waals surface area contributed by atoms with Gasteiger partial charge >= 0.3 is 0 Å². The molecule has 0 spiro atoms. The van der Waals surface area contributed by atoms with Crippen molar-refractivity contribution in [2.45, 2.75) is 32.1 Å². The zero-order valence-corrected chi connectivity index (χ0v) is 20.4. The van der Waals surface area contributed by atoms with Crippen LogP contribution in [0.3, 0.4) is 0 Å². The molecule has 0 saturated heterocycles. The number of methoxy groups -OCH3 is 2. The number of carbonyl (C=O) groups excluding carboxylic acids is 1. The van der Waals surface area contributed by atoms with Gasteiger partial charge in [0.1, 0.15) is 5.69 Å². The average Bonchev–Trinajstić information content (AvgIpc) is 3.26. The summed E-state index contributed by atoms with van der Waals surface area (Å²) >= 11 is 0. The van der Waals surface area contributed by atoms with Crippen molar-refractivity contribution < 1.29 is 14.3 Å². The molecule has 0 aliphatic heterocycles. The van der Waals surface area contributed by atoms with Gasteiger partial charge < -0.3 is 14.8 Å². The standard InChI is InChI=1S/C29H27N3O4/c1-35-23-13-12-19-24(27(23)36-2)29(34)32-22-11-7-6-10-18(22)20-16-21(31-25(19)26(20)32)28(33)30-15-14-17-8-4-3-5-9-17/h6-8,10-13,16H,3-5,9,14-15H2,1-2H3,(H,30,33). The third kappa shape index (κ3) is 3.38. The number of ether oxygens (including phenoxy) is 2. The van der Waals surface area contributed by atoms with Crippen LogP contribution in [0.15, 0.2) is 58.9 Å². The number of amides is 1. The molecule has 0 radical (unpaired) electrons. The highest BCUT2D eigenvalue weighted by Gasteiger charge is 2.24. The Kier molecular flexibility index (Phi) is 5.48. The van der Waals surface area contributed by atoms with Crippen LogP contribution in [0.25, 0.3) is 38.1 Å². The average molecular weight is 482 g/mol. The van der Waals surface area contributed by atoms with Crippen molar-refractivity contribution in [1.82, 2.24) is 14.7 Å². The summed E-state index contributed by atoms with van der Waals surface area (Å²) in [5.74, 6) is 0.598. The fraction of sp³-hybridized carbons (Fsp3) is 0.276. The number of carbonyl (C=O) groups is 1. The van der Waals surface area contributed by atoms with E-state index in [2.05, 4.69) is 11.4 Å². The van der Waals surface area contributed by atoms with Gasteiger partial charge in [0.25, 0.3) is 11.5 Å². The highest BCUT2D eigenvalue weighted by molar-refractivity contribution is 6.21. The number of rotatable bonds is 6. The van der Waals surface area contributed by atoms with Gasteiger partial charge in [0, 0.05) is 22.7 Å². The van der Waals surface area contributed by atoms with E-state index in [1.807, 2.05) is 30.3 Å². The Morgan fingerprint density at radius 1 is 1.06 bits per heavy atom. The van der Waals surface area contributed by atoms with Crippen LogP contribution < -0.4 is 20.3 Å². The van der Waals surface area contributed by atoms with E-state index in [1.54, 1.807) is 23.6 Å². The molecule has 1 aliphatic carbocycles. The van der Waals surface area contributed by atoms with E-state index in [4.69, 9.17) is 14.5 Å². The van der Waals surface area contributed by atoms with Crippen LogP contribution in [0, 0.1) is 0 Å². The molecule has 7 nitrogen and oxygen atoms in total. The molecule has 2 aromatic carbocycles. The van der Waals surface area contributed by atoms with Crippen molar-refractivity contribution in [3.8, 4) is 11.5 Å². The number of nitrogens with zero attached hydrogens (tertiary/aromatic N) is 2. The Labute approximate surface area is 207 Å². The van der Waals surface area contributed by atoms with E-state index in [0.29, 0.717) is 45.5 Å². The lowest BCUT2D eigenvalue weighted by Gasteiger charge is -2.14. The number of benzene rings is 2. The highest BCUT2D eigenvalue weighted by atomic mass is 16.5. The van der Waals surface area contributed by atoms with Crippen LogP contribution in [0.4, 0.5) is 0 Å². The van der Waals surface area contributed by atoms with Gasteiger partial charge in [-0.05, 0) is 56.4 Å². The molecule has 1 amide bonds. The van der Waals surface area contributed by atoms with Crippen LogP contribution in [0.1, 0.15) is 42.6 Å². The second-order valence-corrected chi connectivity index (χ2v) is 9.25. The third-order valence-corrected chi connectivity index (χ3v) is 7.22. The van der Waals surface area contributed by atoms with Crippen molar-refractivity contribution in [3.05, 3.63) is 70.2 Å². The molecular formula is C29H27N3O4. The predicted molar refractivity (Wildman–Crippen MR) is 142 cm³/mol. The van der Waals surface area contributed by atoms with Crippen LogP contribution in [0.2, 0.25) is 0 Å². The predicted octanol–water partition coefficient (Wildman–Crippen LogP) is 5.23. The van der Waals surface area contributed by atoms with Crippen LogP contribution in [-0.2, 0) is 0 Å². The topological polar surface area (TPSA) is 81.9 Å². The lowest BCUT2D eigenvalue weighted by atomic mass is 9.97. The molecule has 0 unspecified atom stereocenters. The molecule has 0 bridgehead atoms. The maximum atomic E-state index is 13.8. The first-order valence-electron chi connectivity index (χ1n) is 12.3. The smallest absolute Gasteiger partial charge is 0.269 e. The summed E-state index contributed by atoms with van der Waals surface area (Å²) in [5, 5.41) is 5.77. The molecule has 1 aliphatic rings. The van der Waals surface area contributed by atoms with Crippen molar-refractivity contribution in [2.75, 3.05) is 20.8 Å². The second kappa shape index (κ2) is 8.82. The zero-order chi connectivity index (χ0) is 24.8. The molecule has 1 N–H and O–H groups in total. The normalized spacial score (nSPS) is 14.0. The molecule has 182 valence electrons. The molecule has 0 fully saturated rings. The summed E-state index contributed by atoms with van der Waals surface area (Å²) in [5.41, 5.74) is 3.58. The number of fused-ring (bicyclic) bond motifs is 5. The van der Waals surface area contributed by atoms with Gasteiger partial charge in [-0.1, -0.05) is 29.8 Å². The first-order chi connectivity index (χ1) is 17.6. The van der Waals surface area contributed by atoms with E-state index in [9.17, 15) is 9.59 Å². The Morgan fingerprint density at radius 3 is 2.69 bits per heavy atom. The first-order valence-corrected chi connectivity index (χ1v) is 12.3. The number of aromatic nitrogens is 2. The number of para-hydroxylation sites is 1. The Balaban J connectivity index is 1.56. The molecule has 3 aromatic heterocycles. The molecule has 36 heavy (non-hydrogen) atoms. The van der Waals surface area contributed by atoms with Crippen LogP contribution >= 0.6 is 0 Å². The lowest BCUT2D eigenvalue weighted by Crippen LogP contribution is -2.26. The van der Waals surface area contributed by atoms with E-state index < -0.39 is 0 Å². The molecule has 0 atom stereocenters. The minimum absolute atomic E-state index is 0.209. The van der Waals surface area contributed by atoms with Crippen molar-refractivity contribution in [3.63, 3.8) is 0 Å². The van der Waals surface area contributed by atoms with Crippen LogP contribution in [0.5, 0.6) is 11.5 Å². The monoisotopic (exact) mass is 481 g/mol. The molecule has 5 aromatic rings. The summed E-state index contributed by atoms with van der Waals surface area (Å²) in [7, 11) is 3.06. The summed E-state index contributed by atoms with van der Waals surface area (Å²) in [6.45, 7) is 0.571. The molecule has 6 rings (SSSR count). The van der Waals surface area contributed by atoms with Crippen LogP contribution in [-0.4, -0.2) is 36.1 Å². The van der Waals surface area contributed by atoms with E-state index in [1.165, 1.54) is 25.5 Å². The number of pyridine rings is 2. The fourth-order valence-electron chi connectivity index (χ4n) is 5.51. The summed E-state index contributed by atoms with van der Waals surface area (Å²) in [4.78, 5) is 31.9. The van der Waals surface area contributed by atoms with Gasteiger partial charge in [-0.3, -0.25) is 14.0 Å². The van der Waals surface area contributed by atoms with Gasteiger partial charge in [-0.2, -0.15) is 0 Å². The Morgan fingerprint density at radius 2 is 1.92 bits per heavy atom. The van der Waals surface area contributed by atoms with E-state index >= 15 is 0 Å². The molecular weight excluding hydrogens is 454 g/mol. The van der Waals surface area contributed by atoms with Gasteiger partial charge in [0.05, 0.1) is 36.2 Å². The molecule has 7 heteroatoms. The number of nitrogens with one attached hydrogen (secondary N) is 1. The molecule has 3 heterocycles. The van der Waals surface area contributed by atoms with Gasteiger partial charge in [-0.15, -0.1) is 0 Å². The number of hydrogen-bond acceptors (Lipinski definition) is 5. The summed E-state index contributed by atoms with van der Waals surface area (Å²) < 4.78 is 12.8. The van der Waals surface area contributed by atoms with Crippen molar-refractivity contribution in [2.24, 2.45) is 0 Å². The largest absolute Gasteiger partial charge is 0.493 e. The van der Waals surface area contributed by atoms with E-state index in [-0.39, 0.29) is 11.5 Å². The fourth-order valence-corrected chi connectivity index (χ4v) is 5.51. The van der Waals surface area contributed by atoms with Crippen molar-refractivity contribution in [1.29, 1.82) is 0 Å². The quantitative estimate of drug-likeness (QED) is 0.265. The van der Waals surface area contributed by atoms with Gasteiger partial charge in [0.15, 0.2) is 11.5 Å². The first kappa shape index (κ1) is 22.3. The lowest BCUT2D eigenvalue weighted by molar-refractivity contribution is 0.0949. The maximum Gasteiger partial charge on any atom is 0.269 e. The minimum atomic E-state index is -0.222.